The quantitative estimate of drug-likeness (QED) is 0.594. The van der Waals surface area contributed by atoms with Crippen molar-refractivity contribution in [2.24, 2.45) is 0 Å². The van der Waals surface area contributed by atoms with Gasteiger partial charge in [0.25, 0.3) is 0 Å². The van der Waals surface area contributed by atoms with E-state index in [0.717, 1.165) is 11.1 Å². The second-order valence-corrected chi connectivity index (χ2v) is 4.91. The lowest BCUT2D eigenvalue weighted by Gasteiger charge is -2.33. The summed E-state index contributed by atoms with van der Waals surface area (Å²) in [6, 6.07) is 6.42. The Labute approximate surface area is 105 Å². The van der Waals surface area contributed by atoms with Crippen LogP contribution in [0.15, 0.2) is 29.8 Å². The number of hydrogen-bond acceptors (Lipinski definition) is 3. The van der Waals surface area contributed by atoms with Gasteiger partial charge in [-0.3, -0.25) is 14.9 Å². The molecule has 4 heteroatoms. The number of allylic oxidation sites excluding steroid dienone is 1. The van der Waals surface area contributed by atoms with E-state index in [1.165, 1.54) is 6.92 Å². The maximum atomic E-state index is 12.4. The molecule has 2 atom stereocenters. The molecule has 0 saturated carbocycles. The normalized spacial score (nSPS) is 24.2. The highest BCUT2D eigenvalue weighted by Crippen LogP contribution is 2.39. The van der Waals surface area contributed by atoms with Crippen molar-refractivity contribution in [1.29, 1.82) is 0 Å². The maximum Gasteiger partial charge on any atom is 0.226 e. The van der Waals surface area contributed by atoms with Crippen molar-refractivity contribution in [3.05, 3.63) is 51.1 Å². The van der Waals surface area contributed by atoms with Crippen molar-refractivity contribution in [3.63, 3.8) is 0 Å². The van der Waals surface area contributed by atoms with Crippen molar-refractivity contribution >= 4 is 11.9 Å². The third-order valence-corrected chi connectivity index (χ3v) is 3.87. The van der Waals surface area contributed by atoms with E-state index in [1.54, 1.807) is 26.0 Å². The molecule has 4 nitrogen and oxygen atoms in total. The lowest BCUT2D eigenvalue weighted by molar-refractivity contribution is -0.526. The minimum Gasteiger partial charge on any atom is -0.293 e. The molecule has 1 aromatic carbocycles. The summed E-state index contributed by atoms with van der Waals surface area (Å²) >= 11 is 0. The average Bonchev–Trinajstić information content (AvgIpc) is 2.35. The van der Waals surface area contributed by atoms with E-state index in [2.05, 4.69) is 0 Å². The summed E-state index contributed by atoms with van der Waals surface area (Å²) < 4.78 is 0. The summed E-state index contributed by atoms with van der Waals surface area (Å²) in [5, 5.41) is 11.1. The number of carbonyl (C=O) groups excluding carboxylic acids is 1. The van der Waals surface area contributed by atoms with Gasteiger partial charge in [-0.1, -0.05) is 24.3 Å². The summed E-state index contributed by atoms with van der Waals surface area (Å²) in [4.78, 5) is 23.1. The fourth-order valence-corrected chi connectivity index (χ4v) is 2.55. The molecule has 0 N–H and O–H groups in total. The molecular weight excluding hydrogens is 230 g/mol. The number of carbonyl (C=O) groups is 1. The van der Waals surface area contributed by atoms with Gasteiger partial charge in [0.1, 0.15) is 5.41 Å². The third kappa shape index (κ3) is 1.56. The Morgan fingerprint density at radius 1 is 1.33 bits per heavy atom. The van der Waals surface area contributed by atoms with Gasteiger partial charge in [-0.15, -0.1) is 0 Å². The second kappa shape index (κ2) is 4.05. The van der Waals surface area contributed by atoms with Crippen molar-refractivity contribution < 1.29 is 9.72 Å². The van der Waals surface area contributed by atoms with E-state index >= 15 is 0 Å². The summed E-state index contributed by atoms with van der Waals surface area (Å²) in [6.45, 7) is 4.87. The Hall–Kier alpha value is -1.97. The van der Waals surface area contributed by atoms with E-state index in [4.69, 9.17) is 0 Å². The SMILES string of the molecule is CC1=Cc2ccccc2C(C)(C(C)[N+](=O)[O-])C1=O. The summed E-state index contributed by atoms with van der Waals surface area (Å²) in [5.41, 5.74) is 1.12. The molecule has 0 amide bonds. The van der Waals surface area contributed by atoms with E-state index < -0.39 is 11.5 Å². The van der Waals surface area contributed by atoms with Crippen LogP contribution in [-0.4, -0.2) is 16.7 Å². The Balaban J connectivity index is 2.70. The molecule has 0 bridgehead atoms. The fourth-order valence-electron chi connectivity index (χ4n) is 2.55. The minimum atomic E-state index is -1.08. The van der Waals surface area contributed by atoms with Gasteiger partial charge < -0.3 is 0 Å². The third-order valence-electron chi connectivity index (χ3n) is 3.87. The van der Waals surface area contributed by atoms with Gasteiger partial charge in [0, 0.05) is 11.8 Å². The summed E-state index contributed by atoms with van der Waals surface area (Å²) in [5.74, 6) is -0.162. The fraction of sp³-hybridized carbons (Fsp3) is 0.357. The molecule has 1 aromatic rings. The average molecular weight is 245 g/mol. The maximum absolute atomic E-state index is 12.4. The van der Waals surface area contributed by atoms with Crippen LogP contribution in [0, 0.1) is 10.1 Å². The molecule has 1 aliphatic rings. The van der Waals surface area contributed by atoms with Gasteiger partial charge >= 0.3 is 0 Å². The van der Waals surface area contributed by atoms with E-state index in [9.17, 15) is 14.9 Å². The highest BCUT2D eigenvalue weighted by atomic mass is 16.6. The van der Waals surface area contributed by atoms with Crippen molar-refractivity contribution in [3.8, 4) is 0 Å². The van der Waals surface area contributed by atoms with Crippen molar-refractivity contribution in [1.82, 2.24) is 0 Å². The molecule has 0 saturated heterocycles. The predicted molar refractivity (Wildman–Crippen MR) is 68.9 cm³/mol. The van der Waals surface area contributed by atoms with Crippen LogP contribution in [0.1, 0.15) is 31.9 Å². The van der Waals surface area contributed by atoms with Crippen molar-refractivity contribution in [2.75, 3.05) is 0 Å². The Morgan fingerprint density at radius 2 is 1.94 bits per heavy atom. The zero-order valence-corrected chi connectivity index (χ0v) is 10.6. The van der Waals surface area contributed by atoms with Crippen LogP contribution in [0.4, 0.5) is 0 Å². The first-order valence-corrected chi connectivity index (χ1v) is 5.85. The molecule has 2 rings (SSSR count). The molecule has 0 fully saturated rings. The predicted octanol–water partition coefficient (Wildman–Crippen LogP) is 2.60. The van der Waals surface area contributed by atoms with Gasteiger partial charge in [0.05, 0.1) is 0 Å². The van der Waals surface area contributed by atoms with Crippen molar-refractivity contribution in [2.45, 2.75) is 32.2 Å². The van der Waals surface area contributed by atoms with Crippen LogP contribution in [0.25, 0.3) is 6.08 Å². The van der Waals surface area contributed by atoms with Gasteiger partial charge in [-0.05, 0) is 36.6 Å². The number of nitro groups is 1. The number of benzene rings is 1. The number of Topliss-reactive ketones (excluding diaryl/α,β-unsaturated/α-hetero) is 1. The smallest absolute Gasteiger partial charge is 0.226 e. The molecule has 1 aliphatic carbocycles. The number of fused-ring (bicyclic) bond motifs is 1. The molecule has 0 aromatic heterocycles. The molecule has 0 aliphatic heterocycles. The number of ketones is 1. The van der Waals surface area contributed by atoms with Gasteiger partial charge in [-0.2, -0.15) is 0 Å². The van der Waals surface area contributed by atoms with Crippen LogP contribution < -0.4 is 0 Å². The van der Waals surface area contributed by atoms with Gasteiger partial charge in [0.2, 0.25) is 6.04 Å². The van der Waals surface area contributed by atoms with E-state index in [1.807, 2.05) is 18.2 Å². The Bertz CT molecular complexity index is 562. The topological polar surface area (TPSA) is 60.2 Å². The zero-order chi connectivity index (χ0) is 13.5. The molecule has 0 radical (unpaired) electrons. The molecule has 0 spiro atoms. The molecule has 94 valence electrons. The lowest BCUT2D eigenvalue weighted by Crippen LogP contribution is -2.48. The first-order chi connectivity index (χ1) is 8.39. The summed E-state index contributed by atoms with van der Waals surface area (Å²) in [7, 11) is 0. The molecule has 18 heavy (non-hydrogen) atoms. The van der Waals surface area contributed by atoms with E-state index in [0.29, 0.717) is 5.57 Å². The van der Waals surface area contributed by atoms with Crippen LogP contribution in [-0.2, 0) is 10.2 Å². The number of hydrogen-bond donors (Lipinski definition) is 0. The first-order valence-electron chi connectivity index (χ1n) is 5.85. The van der Waals surface area contributed by atoms with Gasteiger partial charge in [-0.25, -0.2) is 0 Å². The highest BCUT2D eigenvalue weighted by molar-refractivity contribution is 6.09. The van der Waals surface area contributed by atoms with Crippen LogP contribution in [0.5, 0.6) is 0 Å². The molecule has 0 heterocycles. The number of rotatable bonds is 2. The van der Waals surface area contributed by atoms with Crippen LogP contribution in [0.3, 0.4) is 0 Å². The molecular formula is C14H15NO3. The second-order valence-electron chi connectivity index (χ2n) is 4.91. The first kappa shape index (κ1) is 12.5. The Morgan fingerprint density at radius 3 is 2.56 bits per heavy atom. The highest BCUT2D eigenvalue weighted by Gasteiger charge is 2.50. The monoisotopic (exact) mass is 245 g/mol. The standard InChI is InChI=1S/C14H15NO3/c1-9-8-11-6-4-5-7-12(11)14(3,13(9)16)10(2)15(17)18/h4-8,10H,1-3H3. The molecule has 2 unspecified atom stereocenters. The number of nitrogens with zero attached hydrogens (tertiary/aromatic N) is 1. The Kier molecular flexibility index (Phi) is 2.81. The van der Waals surface area contributed by atoms with Gasteiger partial charge in [0.15, 0.2) is 5.78 Å². The van der Waals surface area contributed by atoms with Crippen LogP contribution in [0.2, 0.25) is 0 Å². The van der Waals surface area contributed by atoms with E-state index in [-0.39, 0.29) is 10.7 Å². The van der Waals surface area contributed by atoms with Crippen LogP contribution >= 0.6 is 0 Å². The lowest BCUT2D eigenvalue weighted by atomic mass is 9.67. The largest absolute Gasteiger partial charge is 0.293 e. The minimum absolute atomic E-state index is 0.162. The summed E-state index contributed by atoms with van der Waals surface area (Å²) in [6.07, 6.45) is 1.80. The zero-order valence-electron chi connectivity index (χ0n) is 10.6.